The zero-order chi connectivity index (χ0) is 14.9. The number of thiophene rings is 1. The van der Waals surface area contributed by atoms with Crippen molar-refractivity contribution in [1.29, 1.82) is 0 Å². The molecule has 22 heavy (non-hydrogen) atoms. The van der Waals surface area contributed by atoms with Crippen molar-refractivity contribution < 1.29 is 4.74 Å². The van der Waals surface area contributed by atoms with E-state index in [9.17, 15) is 0 Å². The lowest BCUT2D eigenvalue weighted by Crippen LogP contribution is -1.93. The van der Waals surface area contributed by atoms with Gasteiger partial charge in [0.25, 0.3) is 0 Å². The molecule has 5 nitrogen and oxygen atoms in total. The van der Waals surface area contributed by atoms with Crippen molar-refractivity contribution >= 4 is 17.0 Å². The number of nitrogens with zero attached hydrogens (tertiary/aromatic N) is 4. The van der Waals surface area contributed by atoms with Crippen molar-refractivity contribution in [2.24, 2.45) is 0 Å². The van der Waals surface area contributed by atoms with E-state index in [0.29, 0.717) is 5.88 Å². The molecule has 0 aliphatic rings. The summed E-state index contributed by atoms with van der Waals surface area (Å²) in [6, 6.07) is 7.90. The number of imidazole rings is 1. The first kappa shape index (κ1) is 13.0. The largest absolute Gasteiger partial charge is 0.481 e. The van der Waals surface area contributed by atoms with E-state index in [4.69, 9.17) is 4.74 Å². The van der Waals surface area contributed by atoms with Gasteiger partial charge in [0.05, 0.1) is 35.8 Å². The number of aromatic nitrogens is 4. The van der Waals surface area contributed by atoms with Gasteiger partial charge in [-0.2, -0.15) is 0 Å². The van der Waals surface area contributed by atoms with Crippen LogP contribution in [0.25, 0.3) is 27.5 Å². The first-order valence-corrected chi connectivity index (χ1v) is 7.60. The lowest BCUT2D eigenvalue weighted by atomic mass is 10.2. The number of pyridine rings is 1. The number of rotatable bonds is 3. The summed E-state index contributed by atoms with van der Waals surface area (Å²) >= 11 is 1.67. The Kier molecular flexibility index (Phi) is 3.08. The lowest BCUT2D eigenvalue weighted by Gasteiger charge is -2.04. The molecular formula is C16H12N4OS. The summed E-state index contributed by atoms with van der Waals surface area (Å²) in [6.45, 7) is 0. The molecule has 0 fully saturated rings. The number of ether oxygens (including phenoxy) is 1. The monoisotopic (exact) mass is 308 g/mol. The van der Waals surface area contributed by atoms with Gasteiger partial charge in [-0.05, 0) is 17.5 Å². The van der Waals surface area contributed by atoms with Crippen molar-refractivity contribution in [3.63, 3.8) is 0 Å². The molecule has 0 aliphatic heterocycles. The highest BCUT2D eigenvalue weighted by atomic mass is 32.1. The van der Waals surface area contributed by atoms with Gasteiger partial charge in [-0.1, -0.05) is 6.07 Å². The SMILES string of the molecule is COc1ccc(-c2cnc3cnc(-c4cccs4)cn23)cn1. The molecule has 4 aromatic heterocycles. The van der Waals surface area contributed by atoms with Gasteiger partial charge in [0, 0.05) is 24.0 Å². The van der Waals surface area contributed by atoms with Crippen LogP contribution < -0.4 is 4.74 Å². The van der Waals surface area contributed by atoms with Crippen molar-refractivity contribution in [2.45, 2.75) is 0 Å². The fourth-order valence-electron chi connectivity index (χ4n) is 2.31. The Morgan fingerprint density at radius 1 is 1.05 bits per heavy atom. The minimum Gasteiger partial charge on any atom is -0.481 e. The van der Waals surface area contributed by atoms with E-state index < -0.39 is 0 Å². The minimum atomic E-state index is 0.596. The number of methoxy groups -OCH3 is 1. The van der Waals surface area contributed by atoms with E-state index in [1.165, 1.54) is 0 Å². The Bertz CT molecular complexity index is 913. The summed E-state index contributed by atoms with van der Waals surface area (Å²) < 4.78 is 7.13. The van der Waals surface area contributed by atoms with Gasteiger partial charge in [0.1, 0.15) is 0 Å². The van der Waals surface area contributed by atoms with E-state index in [0.717, 1.165) is 27.5 Å². The average Bonchev–Trinajstić information content (AvgIpc) is 3.24. The molecule has 4 heterocycles. The van der Waals surface area contributed by atoms with E-state index in [-0.39, 0.29) is 0 Å². The van der Waals surface area contributed by atoms with Crippen LogP contribution in [-0.4, -0.2) is 26.5 Å². The molecule has 0 N–H and O–H groups in total. The molecule has 0 amide bonds. The molecule has 4 aromatic rings. The maximum atomic E-state index is 5.10. The summed E-state index contributed by atoms with van der Waals surface area (Å²) in [5.74, 6) is 0.596. The summed E-state index contributed by atoms with van der Waals surface area (Å²) in [5.41, 5.74) is 3.70. The normalized spacial score (nSPS) is 11.0. The van der Waals surface area contributed by atoms with E-state index in [2.05, 4.69) is 21.0 Å². The second-order valence-corrected chi connectivity index (χ2v) is 5.66. The average molecular weight is 308 g/mol. The van der Waals surface area contributed by atoms with Gasteiger partial charge in [0.15, 0.2) is 5.65 Å². The molecule has 0 atom stereocenters. The van der Waals surface area contributed by atoms with Crippen LogP contribution in [0, 0.1) is 0 Å². The molecule has 0 aromatic carbocycles. The third-order valence-electron chi connectivity index (χ3n) is 3.41. The van der Waals surface area contributed by atoms with Crippen molar-refractivity contribution in [1.82, 2.24) is 19.4 Å². The maximum Gasteiger partial charge on any atom is 0.212 e. The third kappa shape index (κ3) is 2.14. The highest BCUT2D eigenvalue weighted by molar-refractivity contribution is 7.13. The molecule has 0 bridgehead atoms. The second-order valence-electron chi connectivity index (χ2n) is 4.71. The second kappa shape index (κ2) is 5.23. The van der Waals surface area contributed by atoms with E-state index in [1.54, 1.807) is 30.8 Å². The van der Waals surface area contributed by atoms with Crippen LogP contribution >= 0.6 is 11.3 Å². The molecule has 0 saturated carbocycles. The summed E-state index contributed by atoms with van der Waals surface area (Å²) in [6.07, 6.45) is 7.41. The van der Waals surface area contributed by atoms with Crippen LogP contribution in [-0.2, 0) is 0 Å². The van der Waals surface area contributed by atoms with E-state index in [1.807, 2.05) is 40.4 Å². The summed E-state index contributed by atoms with van der Waals surface area (Å²) in [7, 11) is 1.61. The lowest BCUT2D eigenvalue weighted by molar-refractivity contribution is 0.398. The Morgan fingerprint density at radius 2 is 2.00 bits per heavy atom. The van der Waals surface area contributed by atoms with Crippen LogP contribution in [0.1, 0.15) is 0 Å². The predicted octanol–water partition coefficient (Wildman–Crippen LogP) is 3.53. The van der Waals surface area contributed by atoms with Crippen molar-refractivity contribution in [3.05, 3.63) is 54.4 Å². The summed E-state index contributed by atoms with van der Waals surface area (Å²) in [5, 5.41) is 2.05. The van der Waals surface area contributed by atoms with Gasteiger partial charge in [-0.15, -0.1) is 11.3 Å². The smallest absolute Gasteiger partial charge is 0.212 e. The Hall–Kier alpha value is -2.73. The molecule has 4 rings (SSSR count). The standard InChI is InChI=1S/C16H12N4OS/c1-21-16-5-4-11(7-19-16)13-8-18-15-9-17-12(10-20(13)15)14-3-2-6-22-14/h2-10H,1H3. The Labute approximate surface area is 130 Å². The van der Waals surface area contributed by atoms with Crippen LogP contribution in [0.4, 0.5) is 0 Å². The Balaban J connectivity index is 1.85. The summed E-state index contributed by atoms with van der Waals surface area (Å²) in [4.78, 5) is 14.3. The number of hydrogen-bond donors (Lipinski definition) is 0. The van der Waals surface area contributed by atoms with Gasteiger partial charge < -0.3 is 4.74 Å². The van der Waals surface area contributed by atoms with Gasteiger partial charge in [0.2, 0.25) is 5.88 Å². The molecule has 0 saturated heterocycles. The molecule has 6 heteroatoms. The third-order valence-corrected chi connectivity index (χ3v) is 4.30. The van der Waals surface area contributed by atoms with Gasteiger partial charge in [-0.3, -0.25) is 4.40 Å². The fourth-order valence-corrected chi connectivity index (χ4v) is 2.99. The highest BCUT2D eigenvalue weighted by Crippen LogP contribution is 2.26. The fraction of sp³-hybridized carbons (Fsp3) is 0.0625. The minimum absolute atomic E-state index is 0.596. The van der Waals surface area contributed by atoms with Crippen LogP contribution in [0.2, 0.25) is 0 Å². The molecule has 0 spiro atoms. The van der Waals surface area contributed by atoms with Crippen LogP contribution in [0.5, 0.6) is 5.88 Å². The van der Waals surface area contributed by atoms with Gasteiger partial charge >= 0.3 is 0 Å². The van der Waals surface area contributed by atoms with Crippen LogP contribution in [0.15, 0.2) is 54.4 Å². The first-order chi connectivity index (χ1) is 10.8. The quantitative estimate of drug-likeness (QED) is 0.581. The number of hydrogen-bond acceptors (Lipinski definition) is 5. The molecule has 0 aliphatic carbocycles. The van der Waals surface area contributed by atoms with Crippen molar-refractivity contribution in [3.8, 4) is 27.7 Å². The number of fused-ring (bicyclic) bond motifs is 1. The molecular weight excluding hydrogens is 296 g/mol. The maximum absolute atomic E-state index is 5.10. The molecule has 0 unspecified atom stereocenters. The first-order valence-electron chi connectivity index (χ1n) is 6.72. The molecule has 0 radical (unpaired) electrons. The zero-order valence-electron chi connectivity index (χ0n) is 11.8. The zero-order valence-corrected chi connectivity index (χ0v) is 12.6. The van der Waals surface area contributed by atoms with Gasteiger partial charge in [-0.25, -0.2) is 15.0 Å². The molecule has 108 valence electrons. The highest BCUT2D eigenvalue weighted by Gasteiger charge is 2.09. The predicted molar refractivity (Wildman–Crippen MR) is 86.1 cm³/mol. The van der Waals surface area contributed by atoms with Crippen LogP contribution in [0.3, 0.4) is 0 Å². The Morgan fingerprint density at radius 3 is 2.73 bits per heavy atom. The topological polar surface area (TPSA) is 52.3 Å². The van der Waals surface area contributed by atoms with E-state index >= 15 is 0 Å². The van der Waals surface area contributed by atoms with Crippen molar-refractivity contribution in [2.75, 3.05) is 7.11 Å².